The van der Waals surface area contributed by atoms with E-state index in [0.717, 1.165) is 12.2 Å². The second-order valence-corrected chi connectivity index (χ2v) is 5.68. The Balaban J connectivity index is 1.93. The molecule has 0 saturated heterocycles. The molecule has 116 valence electrons. The molecular weight excluding hydrogens is 319 g/mol. The van der Waals surface area contributed by atoms with Crippen LogP contribution in [0.5, 0.6) is 0 Å². The van der Waals surface area contributed by atoms with Gasteiger partial charge in [-0.2, -0.15) is 0 Å². The number of benzene rings is 2. The summed E-state index contributed by atoms with van der Waals surface area (Å²) in [6.45, 7) is 3.55. The molecular formula is C17H18Cl2N2O. The molecule has 0 bridgehead atoms. The first kappa shape index (κ1) is 16.7. The molecule has 2 aromatic carbocycles. The number of carbonyl (C=O) groups excluding carboxylic acids is 1. The molecule has 1 amide bonds. The lowest BCUT2D eigenvalue weighted by Crippen LogP contribution is -2.27. The molecule has 2 rings (SSSR count). The molecule has 0 heterocycles. The third-order valence-corrected chi connectivity index (χ3v) is 3.88. The highest BCUT2D eigenvalue weighted by Crippen LogP contribution is 2.25. The van der Waals surface area contributed by atoms with Gasteiger partial charge < -0.3 is 10.2 Å². The molecule has 2 aromatic rings. The average Bonchev–Trinajstić information content (AvgIpc) is 2.52. The van der Waals surface area contributed by atoms with E-state index in [0.29, 0.717) is 28.7 Å². The van der Waals surface area contributed by atoms with Crippen molar-refractivity contribution >= 4 is 40.5 Å². The number of hydrogen-bond donors (Lipinski definition) is 1. The molecule has 0 aliphatic carbocycles. The van der Waals surface area contributed by atoms with Gasteiger partial charge in [-0.15, -0.1) is 0 Å². The van der Waals surface area contributed by atoms with Crippen LogP contribution in [0.4, 0.5) is 11.4 Å². The summed E-state index contributed by atoms with van der Waals surface area (Å²) in [4.78, 5) is 14.2. The van der Waals surface area contributed by atoms with Gasteiger partial charge in [0.05, 0.1) is 10.7 Å². The van der Waals surface area contributed by atoms with Gasteiger partial charge in [0.15, 0.2) is 0 Å². The first-order valence-corrected chi connectivity index (χ1v) is 7.90. The molecule has 0 aromatic heterocycles. The number of nitrogens with one attached hydrogen (secondary N) is 1. The summed E-state index contributed by atoms with van der Waals surface area (Å²) in [5.41, 5.74) is 1.65. The number of carbonyl (C=O) groups is 1. The fourth-order valence-electron chi connectivity index (χ4n) is 2.15. The Hall–Kier alpha value is -1.71. The standard InChI is InChI=1S/C17H18Cl2N2O/c1-2-21(14-6-4-3-5-7-14)11-10-17(22)20-16-12-13(18)8-9-15(16)19/h3-9,12H,2,10-11H2,1H3,(H,20,22). The van der Waals surface area contributed by atoms with Gasteiger partial charge in [-0.05, 0) is 37.3 Å². The SMILES string of the molecule is CCN(CCC(=O)Nc1cc(Cl)ccc1Cl)c1ccccc1. The quantitative estimate of drug-likeness (QED) is 0.817. The number of nitrogens with zero attached hydrogens (tertiary/aromatic N) is 1. The Morgan fingerprint density at radius 2 is 1.86 bits per heavy atom. The van der Waals surface area contributed by atoms with E-state index in [-0.39, 0.29) is 5.91 Å². The third kappa shape index (κ3) is 4.65. The van der Waals surface area contributed by atoms with Gasteiger partial charge in [0.1, 0.15) is 0 Å². The first-order valence-electron chi connectivity index (χ1n) is 7.15. The van der Waals surface area contributed by atoms with E-state index in [4.69, 9.17) is 23.2 Å². The van der Waals surface area contributed by atoms with Gasteiger partial charge >= 0.3 is 0 Å². The van der Waals surface area contributed by atoms with Gasteiger partial charge in [-0.25, -0.2) is 0 Å². The van der Waals surface area contributed by atoms with E-state index in [9.17, 15) is 4.79 Å². The summed E-state index contributed by atoms with van der Waals surface area (Å²) >= 11 is 12.0. The van der Waals surface area contributed by atoms with Crippen LogP contribution in [0.2, 0.25) is 10.0 Å². The van der Waals surface area contributed by atoms with E-state index in [1.165, 1.54) is 0 Å². The Morgan fingerprint density at radius 3 is 2.55 bits per heavy atom. The van der Waals surface area contributed by atoms with Crippen LogP contribution < -0.4 is 10.2 Å². The van der Waals surface area contributed by atoms with Gasteiger partial charge in [0.2, 0.25) is 5.91 Å². The Bertz CT molecular complexity index is 632. The van der Waals surface area contributed by atoms with Crippen LogP contribution >= 0.6 is 23.2 Å². The van der Waals surface area contributed by atoms with Crippen LogP contribution in [-0.2, 0) is 4.79 Å². The summed E-state index contributed by atoms with van der Waals surface area (Å²) in [5, 5.41) is 3.82. The average molecular weight is 337 g/mol. The Kier molecular flexibility index (Phi) is 6.10. The number of rotatable bonds is 6. The lowest BCUT2D eigenvalue weighted by molar-refractivity contribution is -0.116. The molecule has 0 radical (unpaired) electrons. The van der Waals surface area contributed by atoms with Crippen LogP contribution in [-0.4, -0.2) is 19.0 Å². The minimum Gasteiger partial charge on any atom is -0.371 e. The number of hydrogen-bond acceptors (Lipinski definition) is 2. The van der Waals surface area contributed by atoms with Crippen LogP contribution in [0.25, 0.3) is 0 Å². The summed E-state index contributed by atoms with van der Waals surface area (Å²) < 4.78 is 0. The first-order chi connectivity index (χ1) is 10.6. The van der Waals surface area contributed by atoms with E-state index >= 15 is 0 Å². The number of amides is 1. The maximum absolute atomic E-state index is 12.1. The van der Waals surface area contributed by atoms with Crippen LogP contribution in [0.15, 0.2) is 48.5 Å². The predicted octanol–water partition coefficient (Wildman–Crippen LogP) is 4.85. The monoisotopic (exact) mass is 336 g/mol. The molecule has 0 saturated carbocycles. The summed E-state index contributed by atoms with van der Waals surface area (Å²) in [6, 6.07) is 15.0. The minimum atomic E-state index is -0.0847. The normalized spacial score (nSPS) is 10.3. The Labute approximate surface area is 140 Å². The molecule has 0 spiro atoms. The topological polar surface area (TPSA) is 32.3 Å². The number of anilines is 2. The van der Waals surface area contributed by atoms with Gasteiger partial charge in [0, 0.05) is 30.2 Å². The van der Waals surface area contributed by atoms with Gasteiger partial charge in [0.25, 0.3) is 0 Å². The third-order valence-electron chi connectivity index (χ3n) is 3.31. The van der Waals surface area contributed by atoms with E-state index in [1.54, 1.807) is 18.2 Å². The summed E-state index contributed by atoms with van der Waals surface area (Å²) in [6.07, 6.45) is 0.381. The minimum absolute atomic E-state index is 0.0847. The van der Waals surface area contributed by atoms with Crippen LogP contribution in [0.3, 0.4) is 0 Å². The molecule has 0 unspecified atom stereocenters. The maximum atomic E-state index is 12.1. The fourth-order valence-corrected chi connectivity index (χ4v) is 2.49. The van der Waals surface area contributed by atoms with Crippen molar-refractivity contribution in [3.8, 4) is 0 Å². The Morgan fingerprint density at radius 1 is 1.14 bits per heavy atom. The second-order valence-electron chi connectivity index (χ2n) is 4.84. The molecule has 0 atom stereocenters. The highest BCUT2D eigenvalue weighted by Gasteiger charge is 2.09. The van der Waals surface area contributed by atoms with Gasteiger partial charge in [-0.1, -0.05) is 41.4 Å². The summed E-state index contributed by atoms with van der Waals surface area (Å²) in [5.74, 6) is -0.0847. The van der Waals surface area contributed by atoms with Crippen LogP contribution in [0, 0.1) is 0 Å². The zero-order valence-corrected chi connectivity index (χ0v) is 13.9. The van der Waals surface area contributed by atoms with E-state index in [1.807, 2.05) is 30.3 Å². The highest BCUT2D eigenvalue weighted by atomic mass is 35.5. The highest BCUT2D eigenvalue weighted by molar-refractivity contribution is 6.35. The zero-order valence-electron chi connectivity index (χ0n) is 12.4. The molecule has 0 aliphatic heterocycles. The molecule has 0 fully saturated rings. The van der Waals surface area contributed by atoms with Crippen molar-refractivity contribution in [2.75, 3.05) is 23.3 Å². The lowest BCUT2D eigenvalue weighted by atomic mass is 10.2. The fraction of sp³-hybridized carbons (Fsp3) is 0.235. The van der Waals surface area contributed by atoms with Crippen LogP contribution in [0.1, 0.15) is 13.3 Å². The van der Waals surface area contributed by atoms with Crippen molar-refractivity contribution in [3.63, 3.8) is 0 Å². The van der Waals surface area contributed by atoms with Crippen molar-refractivity contribution in [1.29, 1.82) is 0 Å². The lowest BCUT2D eigenvalue weighted by Gasteiger charge is -2.22. The number of halogens is 2. The van der Waals surface area contributed by atoms with Crippen molar-refractivity contribution in [2.45, 2.75) is 13.3 Å². The van der Waals surface area contributed by atoms with Crippen molar-refractivity contribution in [2.24, 2.45) is 0 Å². The van der Waals surface area contributed by atoms with Crippen molar-refractivity contribution in [3.05, 3.63) is 58.6 Å². The molecule has 1 N–H and O–H groups in total. The van der Waals surface area contributed by atoms with Gasteiger partial charge in [-0.3, -0.25) is 4.79 Å². The second kappa shape index (κ2) is 8.06. The number of para-hydroxylation sites is 1. The molecule has 5 heteroatoms. The van der Waals surface area contributed by atoms with Crippen molar-refractivity contribution in [1.82, 2.24) is 0 Å². The summed E-state index contributed by atoms with van der Waals surface area (Å²) in [7, 11) is 0. The maximum Gasteiger partial charge on any atom is 0.226 e. The zero-order chi connectivity index (χ0) is 15.9. The largest absolute Gasteiger partial charge is 0.371 e. The van der Waals surface area contributed by atoms with E-state index < -0.39 is 0 Å². The molecule has 0 aliphatic rings. The van der Waals surface area contributed by atoms with E-state index in [2.05, 4.69) is 17.1 Å². The predicted molar refractivity (Wildman–Crippen MR) is 94.0 cm³/mol. The smallest absolute Gasteiger partial charge is 0.226 e. The molecule has 22 heavy (non-hydrogen) atoms. The van der Waals surface area contributed by atoms with Crippen molar-refractivity contribution < 1.29 is 4.79 Å². The molecule has 3 nitrogen and oxygen atoms in total.